The van der Waals surface area contributed by atoms with E-state index in [0.29, 0.717) is 35.7 Å². The van der Waals surface area contributed by atoms with Crippen LogP contribution in [0.1, 0.15) is 39.2 Å². The fraction of sp³-hybridized carbons (Fsp3) is 0.682. The van der Waals surface area contributed by atoms with E-state index in [0.717, 1.165) is 19.6 Å². The number of alkyl halides is 2. The number of benzene rings is 1. The normalized spacial score (nSPS) is 17.4. The minimum Gasteiger partial charge on any atom is -0.497 e. The van der Waals surface area contributed by atoms with E-state index in [9.17, 15) is 8.78 Å². The number of guanidine groups is 1. The smallest absolute Gasteiger partial charge is 0.387 e. The second-order valence-corrected chi connectivity index (χ2v) is 8.09. The number of piperidine rings is 1. The van der Waals surface area contributed by atoms with E-state index in [4.69, 9.17) is 4.74 Å². The zero-order valence-corrected chi connectivity index (χ0v) is 21.3. The molecule has 1 fully saturated rings. The van der Waals surface area contributed by atoms with E-state index in [2.05, 4.69) is 39.1 Å². The first kappa shape index (κ1) is 27.7. The van der Waals surface area contributed by atoms with Crippen molar-refractivity contribution in [2.45, 2.75) is 46.8 Å². The first-order chi connectivity index (χ1) is 14.4. The third kappa shape index (κ3) is 10.2. The largest absolute Gasteiger partial charge is 0.497 e. The molecule has 31 heavy (non-hydrogen) atoms. The second kappa shape index (κ2) is 14.7. The molecular formula is C22H37F2IN4O2. The van der Waals surface area contributed by atoms with Gasteiger partial charge in [-0.2, -0.15) is 8.78 Å². The van der Waals surface area contributed by atoms with Crippen molar-refractivity contribution >= 4 is 29.9 Å². The number of likely N-dealkylation sites (tertiary alicyclic amines) is 1. The number of nitrogens with zero attached hydrogens (tertiary/aromatic N) is 2. The standard InChI is InChI=1S/C22H36F2N4O2.HI/c1-5-25-22(26-12-17-7-6-10-28(15-17)14-16(2)3)27-13-18-11-19(29-4)8-9-20(18)30-21(23)24;/h8-9,11,16-17,21H,5-7,10,12-15H2,1-4H3,(H2,25,26,27);1H. The molecule has 1 saturated heterocycles. The molecule has 9 heteroatoms. The van der Waals surface area contributed by atoms with Crippen LogP contribution in [-0.4, -0.2) is 57.3 Å². The number of halogens is 3. The molecule has 1 aromatic carbocycles. The third-order valence-electron chi connectivity index (χ3n) is 5.02. The first-order valence-corrected chi connectivity index (χ1v) is 10.8. The molecule has 1 unspecified atom stereocenters. The molecule has 0 aliphatic carbocycles. The predicted octanol–water partition coefficient (Wildman–Crippen LogP) is 4.34. The Labute approximate surface area is 202 Å². The van der Waals surface area contributed by atoms with Gasteiger partial charge in [0.1, 0.15) is 11.5 Å². The third-order valence-corrected chi connectivity index (χ3v) is 5.02. The molecular weight excluding hydrogens is 517 g/mol. The van der Waals surface area contributed by atoms with Crippen LogP contribution in [0.4, 0.5) is 8.78 Å². The SMILES string of the molecule is CCNC(=NCc1cc(OC)ccc1OC(F)F)NCC1CCCN(CC(C)C)C1.I. The molecule has 178 valence electrons. The lowest BCUT2D eigenvalue weighted by molar-refractivity contribution is -0.0504. The molecule has 0 saturated carbocycles. The zero-order valence-electron chi connectivity index (χ0n) is 19.0. The highest BCUT2D eigenvalue weighted by atomic mass is 127. The fourth-order valence-corrected chi connectivity index (χ4v) is 3.76. The van der Waals surface area contributed by atoms with Crippen LogP contribution in [0.15, 0.2) is 23.2 Å². The monoisotopic (exact) mass is 554 g/mol. The second-order valence-electron chi connectivity index (χ2n) is 8.09. The van der Waals surface area contributed by atoms with Gasteiger partial charge in [0.15, 0.2) is 5.96 Å². The fourth-order valence-electron chi connectivity index (χ4n) is 3.76. The Morgan fingerprint density at radius 1 is 1.29 bits per heavy atom. The molecule has 0 amide bonds. The molecule has 6 nitrogen and oxygen atoms in total. The van der Waals surface area contributed by atoms with Gasteiger partial charge in [0.2, 0.25) is 0 Å². The van der Waals surface area contributed by atoms with Crippen LogP contribution in [0.3, 0.4) is 0 Å². The van der Waals surface area contributed by atoms with Gasteiger partial charge in [-0.15, -0.1) is 24.0 Å². The van der Waals surface area contributed by atoms with Crippen molar-refractivity contribution in [2.24, 2.45) is 16.8 Å². The molecule has 1 aliphatic rings. The molecule has 2 N–H and O–H groups in total. The van der Waals surface area contributed by atoms with E-state index in [1.165, 1.54) is 32.6 Å². The maximum Gasteiger partial charge on any atom is 0.387 e. The molecule has 1 aliphatic heterocycles. The summed E-state index contributed by atoms with van der Waals surface area (Å²) in [6.45, 7) is 8.77. The lowest BCUT2D eigenvalue weighted by atomic mass is 9.97. The van der Waals surface area contributed by atoms with E-state index < -0.39 is 6.61 Å². The number of hydrogen-bond donors (Lipinski definition) is 2. The molecule has 1 heterocycles. The van der Waals surface area contributed by atoms with Gasteiger partial charge in [-0.05, 0) is 56.3 Å². The minimum absolute atomic E-state index is 0. The summed E-state index contributed by atoms with van der Waals surface area (Å²) in [6.07, 6.45) is 2.41. The summed E-state index contributed by atoms with van der Waals surface area (Å²) < 4.78 is 35.3. The van der Waals surface area contributed by atoms with Gasteiger partial charge in [0, 0.05) is 31.7 Å². The number of hydrogen-bond acceptors (Lipinski definition) is 4. The zero-order chi connectivity index (χ0) is 21.9. The van der Waals surface area contributed by atoms with Gasteiger partial charge in [0.25, 0.3) is 0 Å². The molecule has 0 radical (unpaired) electrons. The minimum atomic E-state index is -2.88. The van der Waals surface area contributed by atoms with Crippen LogP contribution in [0, 0.1) is 11.8 Å². The lowest BCUT2D eigenvalue weighted by Gasteiger charge is -2.34. The van der Waals surface area contributed by atoms with Crippen LogP contribution in [0.25, 0.3) is 0 Å². The van der Waals surface area contributed by atoms with Crippen molar-refractivity contribution in [3.8, 4) is 11.5 Å². The Bertz CT molecular complexity index is 677. The molecule has 1 atom stereocenters. The van der Waals surface area contributed by atoms with E-state index in [1.807, 2.05) is 6.92 Å². The average molecular weight is 554 g/mol. The highest BCUT2D eigenvalue weighted by Crippen LogP contribution is 2.26. The quantitative estimate of drug-likeness (QED) is 0.256. The summed E-state index contributed by atoms with van der Waals surface area (Å²) in [5, 5.41) is 6.65. The lowest BCUT2D eigenvalue weighted by Crippen LogP contribution is -2.45. The molecule has 0 bridgehead atoms. The van der Waals surface area contributed by atoms with Crippen LogP contribution in [0.2, 0.25) is 0 Å². The summed E-state index contributed by atoms with van der Waals surface area (Å²) in [7, 11) is 1.54. The summed E-state index contributed by atoms with van der Waals surface area (Å²) >= 11 is 0. The molecule has 0 spiro atoms. The maximum atomic E-state index is 12.7. The summed E-state index contributed by atoms with van der Waals surface area (Å²) in [5.41, 5.74) is 0.549. The van der Waals surface area contributed by atoms with Crippen LogP contribution < -0.4 is 20.1 Å². The van der Waals surface area contributed by atoms with Crippen molar-refractivity contribution < 1.29 is 18.3 Å². The van der Waals surface area contributed by atoms with Gasteiger partial charge in [-0.3, -0.25) is 0 Å². The summed E-state index contributed by atoms with van der Waals surface area (Å²) in [4.78, 5) is 7.12. The van der Waals surface area contributed by atoms with Crippen LogP contribution >= 0.6 is 24.0 Å². The van der Waals surface area contributed by atoms with Gasteiger partial charge in [0.05, 0.1) is 13.7 Å². The van der Waals surface area contributed by atoms with Crippen molar-refractivity contribution in [3.05, 3.63) is 23.8 Å². The van der Waals surface area contributed by atoms with Crippen LogP contribution in [-0.2, 0) is 6.54 Å². The van der Waals surface area contributed by atoms with Crippen molar-refractivity contribution in [1.29, 1.82) is 0 Å². The number of ether oxygens (including phenoxy) is 2. The van der Waals surface area contributed by atoms with Gasteiger partial charge in [-0.25, -0.2) is 4.99 Å². The number of rotatable bonds is 10. The Hall–Kier alpha value is -1.36. The van der Waals surface area contributed by atoms with E-state index in [1.54, 1.807) is 12.1 Å². The van der Waals surface area contributed by atoms with Crippen molar-refractivity contribution in [1.82, 2.24) is 15.5 Å². The number of nitrogens with one attached hydrogen (secondary N) is 2. The highest BCUT2D eigenvalue weighted by molar-refractivity contribution is 14.0. The molecule has 2 rings (SSSR count). The van der Waals surface area contributed by atoms with Gasteiger partial charge in [-0.1, -0.05) is 13.8 Å². The maximum absolute atomic E-state index is 12.7. The van der Waals surface area contributed by atoms with Gasteiger partial charge >= 0.3 is 6.61 Å². The van der Waals surface area contributed by atoms with E-state index in [-0.39, 0.29) is 36.3 Å². The molecule has 1 aromatic rings. The predicted molar refractivity (Wildman–Crippen MR) is 132 cm³/mol. The Morgan fingerprint density at radius 2 is 2.06 bits per heavy atom. The van der Waals surface area contributed by atoms with Crippen LogP contribution in [0.5, 0.6) is 11.5 Å². The number of aliphatic imine (C=N–C) groups is 1. The molecule has 0 aromatic heterocycles. The number of methoxy groups -OCH3 is 1. The van der Waals surface area contributed by atoms with E-state index >= 15 is 0 Å². The van der Waals surface area contributed by atoms with Crippen molar-refractivity contribution in [3.63, 3.8) is 0 Å². The summed E-state index contributed by atoms with van der Waals surface area (Å²) in [6, 6.07) is 4.76. The topological polar surface area (TPSA) is 58.1 Å². The highest BCUT2D eigenvalue weighted by Gasteiger charge is 2.20. The Kier molecular flexibility index (Phi) is 13.1. The average Bonchev–Trinajstić information content (AvgIpc) is 2.70. The van der Waals surface area contributed by atoms with Gasteiger partial charge < -0.3 is 25.0 Å². The Morgan fingerprint density at radius 3 is 2.71 bits per heavy atom. The van der Waals surface area contributed by atoms with Crippen molar-refractivity contribution in [2.75, 3.05) is 39.8 Å². The Balaban J connectivity index is 0.00000480. The first-order valence-electron chi connectivity index (χ1n) is 10.8. The summed E-state index contributed by atoms with van der Waals surface area (Å²) in [5.74, 6) is 2.59.